The second-order valence-corrected chi connectivity index (χ2v) is 6.75. The van der Waals surface area contributed by atoms with Gasteiger partial charge in [-0.1, -0.05) is 36.7 Å². The third-order valence-corrected chi connectivity index (χ3v) is 4.80. The third kappa shape index (κ3) is 4.03. The van der Waals surface area contributed by atoms with E-state index < -0.39 is 17.8 Å². The Morgan fingerprint density at radius 3 is 2.24 bits per heavy atom. The molecule has 0 aromatic heterocycles. The van der Waals surface area contributed by atoms with Crippen molar-refractivity contribution in [3.8, 4) is 0 Å². The molecule has 29 heavy (non-hydrogen) atoms. The first-order chi connectivity index (χ1) is 14.0. The Hall–Kier alpha value is -3.12. The summed E-state index contributed by atoms with van der Waals surface area (Å²) in [5.74, 6) is -1.55. The molecule has 0 spiro atoms. The number of nitrogens with zero attached hydrogens (tertiary/aromatic N) is 2. The Morgan fingerprint density at radius 1 is 1.00 bits per heavy atom. The van der Waals surface area contributed by atoms with E-state index in [1.54, 1.807) is 4.90 Å². The highest BCUT2D eigenvalue weighted by Gasteiger charge is 2.41. The molecule has 1 heterocycles. The molecule has 0 radical (unpaired) electrons. The number of ether oxygens (including phenoxy) is 1. The number of carbonyl (C=O) groups excluding carboxylic acids is 3. The number of para-hydroxylation sites is 1. The van der Waals surface area contributed by atoms with Crippen LogP contribution in [0.3, 0.4) is 0 Å². The fourth-order valence-electron chi connectivity index (χ4n) is 3.06. The molecule has 1 aliphatic heterocycles. The third-order valence-electron chi connectivity index (χ3n) is 4.46. The average molecular weight is 413 g/mol. The van der Waals surface area contributed by atoms with Crippen LogP contribution in [0.15, 0.2) is 65.3 Å². The maximum atomic E-state index is 13.1. The molecular formula is C22H21ClN2O4. The summed E-state index contributed by atoms with van der Waals surface area (Å²) in [5.41, 5.74) is 1.58. The van der Waals surface area contributed by atoms with Gasteiger partial charge in [0.1, 0.15) is 10.7 Å². The Kier molecular flexibility index (Phi) is 6.34. The van der Waals surface area contributed by atoms with Crippen LogP contribution in [0, 0.1) is 0 Å². The first kappa shape index (κ1) is 20.6. The van der Waals surface area contributed by atoms with E-state index in [9.17, 15) is 14.4 Å². The minimum atomic E-state index is -0.595. The summed E-state index contributed by atoms with van der Waals surface area (Å²) in [5, 5.41) is -0.132. The zero-order valence-electron chi connectivity index (χ0n) is 16.2. The smallest absolute Gasteiger partial charge is 0.338 e. The fourth-order valence-corrected chi connectivity index (χ4v) is 3.33. The van der Waals surface area contributed by atoms with Crippen molar-refractivity contribution in [3.63, 3.8) is 0 Å². The minimum Gasteiger partial charge on any atom is -0.462 e. The highest BCUT2D eigenvalue weighted by molar-refractivity contribution is 6.53. The number of hydrogen-bond acceptors (Lipinski definition) is 5. The van der Waals surface area contributed by atoms with Gasteiger partial charge in [0.05, 0.1) is 17.9 Å². The van der Waals surface area contributed by atoms with Gasteiger partial charge in [-0.15, -0.1) is 0 Å². The summed E-state index contributed by atoms with van der Waals surface area (Å²) >= 11 is 6.28. The molecule has 0 saturated heterocycles. The molecule has 0 unspecified atom stereocenters. The standard InChI is InChI=1S/C22H21ClN2O4/c1-3-14-29-22(28)15-10-12-17(13-11-15)25-20(26)18(23)19(21(25)27)24(4-2)16-8-6-5-7-9-16/h5-13H,3-4,14H2,1-2H3. The predicted octanol–water partition coefficient (Wildman–Crippen LogP) is 4.10. The zero-order chi connectivity index (χ0) is 21.0. The van der Waals surface area contributed by atoms with Crippen molar-refractivity contribution in [2.24, 2.45) is 0 Å². The first-order valence-corrected chi connectivity index (χ1v) is 9.75. The molecule has 2 aromatic carbocycles. The zero-order valence-corrected chi connectivity index (χ0v) is 17.0. The Balaban J connectivity index is 1.87. The van der Waals surface area contributed by atoms with Crippen molar-refractivity contribution in [2.45, 2.75) is 20.3 Å². The van der Waals surface area contributed by atoms with Crippen molar-refractivity contribution in [1.82, 2.24) is 0 Å². The van der Waals surface area contributed by atoms with E-state index in [0.717, 1.165) is 17.0 Å². The van der Waals surface area contributed by atoms with Gasteiger partial charge >= 0.3 is 5.97 Å². The maximum Gasteiger partial charge on any atom is 0.338 e. The van der Waals surface area contributed by atoms with Gasteiger partial charge in [0, 0.05) is 12.2 Å². The number of esters is 1. The first-order valence-electron chi connectivity index (χ1n) is 9.37. The summed E-state index contributed by atoms with van der Waals surface area (Å²) in [6, 6.07) is 15.4. The molecule has 3 rings (SSSR count). The van der Waals surface area contributed by atoms with Crippen LogP contribution in [-0.4, -0.2) is 30.9 Å². The normalized spacial score (nSPS) is 13.8. The maximum absolute atomic E-state index is 13.1. The van der Waals surface area contributed by atoms with Crippen LogP contribution >= 0.6 is 11.6 Å². The minimum absolute atomic E-state index is 0.132. The Bertz CT molecular complexity index is 955. The number of hydrogen-bond donors (Lipinski definition) is 0. The number of likely N-dealkylation sites (N-methyl/N-ethyl adjacent to an activating group) is 1. The van der Waals surface area contributed by atoms with Gasteiger partial charge < -0.3 is 9.64 Å². The average Bonchev–Trinajstić information content (AvgIpc) is 2.97. The van der Waals surface area contributed by atoms with Gasteiger partial charge in [-0.25, -0.2) is 9.69 Å². The van der Waals surface area contributed by atoms with Crippen LogP contribution in [0.25, 0.3) is 0 Å². The van der Waals surface area contributed by atoms with Gasteiger partial charge in [-0.2, -0.15) is 0 Å². The summed E-state index contributed by atoms with van der Waals surface area (Å²) in [4.78, 5) is 40.5. The van der Waals surface area contributed by atoms with Gasteiger partial charge in [0.15, 0.2) is 0 Å². The number of rotatable bonds is 7. The van der Waals surface area contributed by atoms with Crippen LogP contribution in [0.2, 0.25) is 0 Å². The van der Waals surface area contributed by atoms with Gasteiger partial charge in [0.25, 0.3) is 11.8 Å². The summed E-state index contributed by atoms with van der Waals surface area (Å²) < 4.78 is 5.09. The molecule has 0 fully saturated rings. The number of amides is 2. The molecule has 0 saturated carbocycles. The SMILES string of the molecule is CCCOC(=O)c1ccc(N2C(=O)C(Cl)=C(N(CC)c3ccccc3)C2=O)cc1. The van der Waals surface area contributed by atoms with Crippen LogP contribution in [0.5, 0.6) is 0 Å². The van der Waals surface area contributed by atoms with Crippen LogP contribution in [0.1, 0.15) is 30.6 Å². The summed E-state index contributed by atoms with van der Waals surface area (Å²) in [6.45, 7) is 4.58. The van der Waals surface area contributed by atoms with Crippen LogP contribution < -0.4 is 9.80 Å². The lowest BCUT2D eigenvalue weighted by Gasteiger charge is -2.24. The van der Waals surface area contributed by atoms with E-state index in [1.807, 2.05) is 44.2 Å². The van der Waals surface area contributed by atoms with E-state index in [-0.39, 0.29) is 10.7 Å². The molecule has 0 N–H and O–H groups in total. The van der Waals surface area contributed by atoms with Gasteiger partial charge in [-0.05, 0) is 49.7 Å². The number of halogens is 1. The highest BCUT2D eigenvalue weighted by Crippen LogP contribution is 2.33. The molecule has 6 nitrogen and oxygen atoms in total. The Morgan fingerprint density at radius 2 is 1.66 bits per heavy atom. The van der Waals surface area contributed by atoms with Gasteiger partial charge in [0.2, 0.25) is 0 Å². The van der Waals surface area contributed by atoms with Crippen LogP contribution in [-0.2, 0) is 14.3 Å². The monoisotopic (exact) mass is 412 g/mol. The lowest BCUT2D eigenvalue weighted by atomic mass is 10.2. The molecule has 0 bridgehead atoms. The van der Waals surface area contributed by atoms with E-state index in [0.29, 0.717) is 24.4 Å². The molecule has 150 valence electrons. The Labute approximate surface area is 174 Å². The predicted molar refractivity (Wildman–Crippen MR) is 112 cm³/mol. The molecule has 2 aromatic rings. The number of imide groups is 1. The second-order valence-electron chi connectivity index (χ2n) is 6.37. The molecule has 1 aliphatic rings. The number of benzene rings is 2. The largest absolute Gasteiger partial charge is 0.462 e. The van der Waals surface area contributed by atoms with E-state index >= 15 is 0 Å². The van der Waals surface area contributed by atoms with Crippen molar-refractivity contribution in [1.29, 1.82) is 0 Å². The summed E-state index contributed by atoms with van der Waals surface area (Å²) in [6.07, 6.45) is 0.725. The topological polar surface area (TPSA) is 66.9 Å². The molecule has 0 atom stereocenters. The van der Waals surface area contributed by atoms with Crippen molar-refractivity contribution < 1.29 is 19.1 Å². The molecule has 0 aliphatic carbocycles. The lowest BCUT2D eigenvalue weighted by Crippen LogP contribution is -2.35. The van der Waals surface area contributed by atoms with Gasteiger partial charge in [-0.3, -0.25) is 9.59 Å². The number of anilines is 2. The molecule has 2 amide bonds. The fraction of sp³-hybridized carbons (Fsp3) is 0.227. The van der Waals surface area contributed by atoms with Crippen molar-refractivity contribution in [2.75, 3.05) is 23.0 Å². The lowest BCUT2D eigenvalue weighted by molar-refractivity contribution is -0.120. The van der Waals surface area contributed by atoms with E-state index in [1.165, 1.54) is 24.3 Å². The summed E-state index contributed by atoms with van der Waals surface area (Å²) in [7, 11) is 0. The van der Waals surface area contributed by atoms with Crippen molar-refractivity contribution >= 4 is 40.8 Å². The quantitative estimate of drug-likeness (QED) is 0.506. The second kappa shape index (κ2) is 8.92. The van der Waals surface area contributed by atoms with E-state index in [4.69, 9.17) is 16.3 Å². The van der Waals surface area contributed by atoms with E-state index in [2.05, 4.69) is 0 Å². The van der Waals surface area contributed by atoms with Crippen molar-refractivity contribution in [3.05, 3.63) is 70.9 Å². The van der Waals surface area contributed by atoms with Crippen LogP contribution in [0.4, 0.5) is 11.4 Å². The highest BCUT2D eigenvalue weighted by atomic mass is 35.5. The molecular weight excluding hydrogens is 392 g/mol. The molecule has 7 heteroatoms. The number of carbonyl (C=O) groups is 3.